The van der Waals surface area contributed by atoms with Crippen molar-refractivity contribution in [3.8, 4) is 0 Å². The van der Waals surface area contributed by atoms with Crippen molar-refractivity contribution in [2.45, 2.75) is 19.4 Å². The minimum absolute atomic E-state index is 0.126. The van der Waals surface area contributed by atoms with E-state index in [2.05, 4.69) is 0 Å². The second-order valence-electron chi connectivity index (χ2n) is 7.72. The average Bonchev–Trinajstić information content (AvgIpc) is 3.06. The van der Waals surface area contributed by atoms with Gasteiger partial charge in [0.05, 0.1) is 17.0 Å². The number of hydrogen-bond acceptors (Lipinski definition) is 3. The summed E-state index contributed by atoms with van der Waals surface area (Å²) >= 11 is 0. The van der Waals surface area contributed by atoms with E-state index in [9.17, 15) is 9.59 Å². The van der Waals surface area contributed by atoms with Gasteiger partial charge in [-0.25, -0.2) is 0 Å². The number of amides is 1. The van der Waals surface area contributed by atoms with Crippen LogP contribution >= 0.6 is 0 Å². The van der Waals surface area contributed by atoms with E-state index in [-0.39, 0.29) is 17.1 Å². The van der Waals surface area contributed by atoms with E-state index in [1.54, 1.807) is 11.0 Å². The molecule has 0 aliphatic carbocycles. The normalized spacial score (nSPS) is 15.6. The SMILES string of the molecule is Cc1ccc2oc3c(c(=O)c2c1)[C@@H](c1ccccc1)N(CCc1ccccc1)C3=O. The molecule has 148 valence electrons. The minimum Gasteiger partial charge on any atom is -0.450 e. The first-order chi connectivity index (χ1) is 14.6. The second-order valence-corrected chi connectivity index (χ2v) is 7.72. The first-order valence-corrected chi connectivity index (χ1v) is 10.1. The second kappa shape index (κ2) is 7.30. The monoisotopic (exact) mass is 395 g/mol. The van der Waals surface area contributed by atoms with Crippen molar-refractivity contribution >= 4 is 16.9 Å². The first kappa shape index (κ1) is 18.4. The lowest BCUT2D eigenvalue weighted by Crippen LogP contribution is -2.31. The Morgan fingerprint density at radius 1 is 0.900 bits per heavy atom. The Hall–Kier alpha value is -3.66. The van der Waals surface area contributed by atoms with Gasteiger partial charge in [0.15, 0.2) is 5.43 Å². The van der Waals surface area contributed by atoms with E-state index in [4.69, 9.17) is 4.42 Å². The van der Waals surface area contributed by atoms with Crippen LogP contribution in [0.2, 0.25) is 0 Å². The van der Waals surface area contributed by atoms with Crippen LogP contribution in [0, 0.1) is 6.92 Å². The molecule has 30 heavy (non-hydrogen) atoms. The predicted octanol–water partition coefficient (Wildman–Crippen LogP) is 4.89. The molecule has 4 heteroatoms. The van der Waals surface area contributed by atoms with Crippen LogP contribution in [-0.2, 0) is 6.42 Å². The van der Waals surface area contributed by atoms with Crippen LogP contribution < -0.4 is 5.43 Å². The van der Waals surface area contributed by atoms with Crippen LogP contribution in [0.3, 0.4) is 0 Å². The van der Waals surface area contributed by atoms with E-state index >= 15 is 0 Å². The molecule has 0 radical (unpaired) electrons. The lowest BCUT2D eigenvalue weighted by atomic mass is 9.98. The van der Waals surface area contributed by atoms with Crippen molar-refractivity contribution in [2.75, 3.05) is 6.54 Å². The van der Waals surface area contributed by atoms with Crippen LogP contribution in [-0.4, -0.2) is 17.4 Å². The molecule has 0 saturated carbocycles. The number of nitrogens with zero attached hydrogens (tertiary/aromatic N) is 1. The highest BCUT2D eigenvalue weighted by molar-refractivity contribution is 5.99. The van der Waals surface area contributed by atoms with E-state index in [0.717, 1.165) is 16.7 Å². The lowest BCUT2D eigenvalue weighted by molar-refractivity contribution is 0.0730. The highest BCUT2D eigenvalue weighted by Crippen LogP contribution is 2.38. The number of carbonyl (C=O) groups is 1. The Bertz CT molecular complexity index is 1290. The number of hydrogen-bond donors (Lipinski definition) is 0. The van der Waals surface area contributed by atoms with Crippen molar-refractivity contribution in [3.05, 3.63) is 117 Å². The summed E-state index contributed by atoms with van der Waals surface area (Å²) in [4.78, 5) is 28.6. The van der Waals surface area contributed by atoms with Gasteiger partial charge in [-0.15, -0.1) is 0 Å². The molecular formula is C26H21NO3. The maximum Gasteiger partial charge on any atom is 0.290 e. The van der Waals surface area contributed by atoms with Crippen molar-refractivity contribution in [3.63, 3.8) is 0 Å². The van der Waals surface area contributed by atoms with Gasteiger partial charge in [-0.2, -0.15) is 0 Å². The van der Waals surface area contributed by atoms with Gasteiger partial charge in [-0.3, -0.25) is 9.59 Å². The molecule has 5 rings (SSSR count). The topological polar surface area (TPSA) is 50.5 Å². The van der Waals surface area contributed by atoms with Crippen LogP contribution in [0.25, 0.3) is 11.0 Å². The predicted molar refractivity (Wildman–Crippen MR) is 117 cm³/mol. The zero-order valence-corrected chi connectivity index (χ0v) is 16.7. The zero-order chi connectivity index (χ0) is 20.7. The van der Waals surface area contributed by atoms with Gasteiger partial charge in [0.2, 0.25) is 5.76 Å². The fourth-order valence-corrected chi connectivity index (χ4v) is 4.24. The molecule has 0 unspecified atom stereocenters. The third-order valence-corrected chi connectivity index (χ3v) is 5.72. The summed E-state index contributed by atoms with van der Waals surface area (Å²) < 4.78 is 6.00. The van der Waals surface area contributed by atoms with Gasteiger partial charge in [0.25, 0.3) is 5.91 Å². The molecular weight excluding hydrogens is 374 g/mol. The quantitative estimate of drug-likeness (QED) is 0.494. The van der Waals surface area contributed by atoms with E-state index < -0.39 is 6.04 Å². The van der Waals surface area contributed by atoms with Crippen molar-refractivity contribution in [1.29, 1.82) is 0 Å². The summed E-state index contributed by atoms with van der Waals surface area (Å²) in [7, 11) is 0. The molecule has 0 fully saturated rings. The Kier molecular flexibility index (Phi) is 4.47. The van der Waals surface area contributed by atoms with Gasteiger partial charge in [0.1, 0.15) is 5.58 Å². The largest absolute Gasteiger partial charge is 0.450 e. The highest BCUT2D eigenvalue weighted by Gasteiger charge is 2.42. The molecule has 2 heterocycles. The molecule has 0 bridgehead atoms. The minimum atomic E-state index is -0.446. The first-order valence-electron chi connectivity index (χ1n) is 10.1. The molecule has 0 saturated heterocycles. The number of benzene rings is 3. The number of carbonyl (C=O) groups excluding carboxylic acids is 1. The van der Waals surface area contributed by atoms with Crippen molar-refractivity contribution in [2.24, 2.45) is 0 Å². The third-order valence-electron chi connectivity index (χ3n) is 5.72. The zero-order valence-electron chi connectivity index (χ0n) is 16.7. The maximum absolute atomic E-state index is 13.5. The summed E-state index contributed by atoms with van der Waals surface area (Å²) in [6.45, 7) is 2.44. The van der Waals surface area contributed by atoms with Crippen molar-refractivity contribution < 1.29 is 9.21 Å². The Morgan fingerprint density at radius 2 is 1.60 bits per heavy atom. The fraction of sp³-hybridized carbons (Fsp3) is 0.154. The Balaban J connectivity index is 1.65. The van der Waals surface area contributed by atoms with Gasteiger partial charge >= 0.3 is 0 Å². The summed E-state index contributed by atoms with van der Waals surface area (Å²) in [6.07, 6.45) is 0.705. The van der Waals surface area contributed by atoms with Gasteiger partial charge in [-0.05, 0) is 36.6 Å². The van der Waals surface area contributed by atoms with E-state index in [1.807, 2.05) is 79.7 Å². The molecule has 1 amide bonds. The Morgan fingerprint density at radius 3 is 2.33 bits per heavy atom. The number of rotatable bonds is 4. The third kappa shape index (κ3) is 3.01. The van der Waals surface area contributed by atoms with Crippen LogP contribution in [0.15, 0.2) is 88.1 Å². The Labute approximate surface area is 174 Å². The summed E-state index contributed by atoms with van der Waals surface area (Å²) in [6, 6.07) is 24.8. The smallest absolute Gasteiger partial charge is 0.290 e. The molecule has 0 spiro atoms. The van der Waals surface area contributed by atoms with Crippen LogP contribution in [0.4, 0.5) is 0 Å². The van der Waals surface area contributed by atoms with Gasteiger partial charge in [0, 0.05) is 6.54 Å². The summed E-state index contributed by atoms with van der Waals surface area (Å²) in [5.41, 5.74) is 3.81. The lowest BCUT2D eigenvalue weighted by Gasteiger charge is -2.25. The highest BCUT2D eigenvalue weighted by atomic mass is 16.3. The number of fused-ring (bicyclic) bond motifs is 2. The van der Waals surface area contributed by atoms with E-state index in [1.165, 1.54) is 0 Å². The molecule has 1 aliphatic rings. The average molecular weight is 395 g/mol. The molecule has 4 nitrogen and oxygen atoms in total. The van der Waals surface area contributed by atoms with Gasteiger partial charge < -0.3 is 9.32 Å². The fourth-order valence-electron chi connectivity index (χ4n) is 4.24. The number of aryl methyl sites for hydroxylation is 1. The van der Waals surface area contributed by atoms with Crippen LogP contribution in [0.1, 0.15) is 38.9 Å². The molecule has 4 aromatic rings. The summed E-state index contributed by atoms with van der Waals surface area (Å²) in [5, 5.41) is 0.521. The molecule has 0 N–H and O–H groups in total. The molecule has 1 atom stereocenters. The molecule has 3 aromatic carbocycles. The summed E-state index contributed by atoms with van der Waals surface area (Å²) in [5.74, 6) is -0.0624. The standard InChI is InChI=1S/C26H21NO3/c1-17-12-13-21-20(16-17)24(28)22-23(19-10-6-3-7-11-19)27(26(29)25(22)30-21)15-14-18-8-4-2-5-9-18/h2-13,16,23H,14-15H2,1H3/t23-/m1/s1. The van der Waals surface area contributed by atoms with Gasteiger partial charge in [-0.1, -0.05) is 72.3 Å². The van der Waals surface area contributed by atoms with E-state index in [0.29, 0.717) is 29.5 Å². The molecule has 1 aromatic heterocycles. The van der Waals surface area contributed by atoms with Crippen molar-refractivity contribution in [1.82, 2.24) is 4.90 Å². The molecule has 1 aliphatic heterocycles. The van der Waals surface area contributed by atoms with Crippen LogP contribution in [0.5, 0.6) is 0 Å². The maximum atomic E-state index is 13.5.